The van der Waals surface area contributed by atoms with Gasteiger partial charge in [0.15, 0.2) is 0 Å². The lowest BCUT2D eigenvalue weighted by Crippen LogP contribution is -2.34. The van der Waals surface area contributed by atoms with Gasteiger partial charge < -0.3 is 14.2 Å². The molecule has 0 bridgehead atoms. The molecule has 0 aliphatic carbocycles. The van der Waals surface area contributed by atoms with Crippen LogP contribution in [0.1, 0.15) is 31.9 Å². The predicted molar refractivity (Wildman–Crippen MR) is 79.3 cm³/mol. The first-order valence-corrected chi connectivity index (χ1v) is 6.90. The molecule has 0 spiro atoms. The summed E-state index contributed by atoms with van der Waals surface area (Å²) in [5.41, 5.74) is 1.03. The highest BCUT2D eigenvalue weighted by Gasteiger charge is 2.31. The molecular formula is C17H20O4. The van der Waals surface area contributed by atoms with Crippen LogP contribution in [0.4, 0.5) is 0 Å². The van der Waals surface area contributed by atoms with Crippen LogP contribution in [0.2, 0.25) is 0 Å². The van der Waals surface area contributed by atoms with E-state index in [9.17, 15) is 4.79 Å². The van der Waals surface area contributed by atoms with Crippen LogP contribution in [0.15, 0.2) is 54.8 Å². The van der Waals surface area contributed by atoms with Gasteiger partial charge in [-0.3, -0.25) is 0 Å². The third-order valence-corrected chi connectivity index (χ3v) is 2.98. The van der Waals surface area contributed by atoms with Crippen LogP contribution in [0.25, 0.3) is 0 Å². The van der Waals surface area contributed by atoms with Crippen molar-refractivity contribution in [2.24, 2.45) is 0 Å². The van der Waals surface area contributed by atoms with Gasteiger partial charge in [0.1, 0.15) is 5.76 Å². The first-order chi connectivity index (χ1) is 10.00. The van der Waals surface area contributed by atoms with Crippen LogP contribution < -0.4 is 0 Å². The summed E-state index contributed by atoms with van der Waals surface area (Å²) in [5.74, 6) is -0.771. The minimum Gasteiger partial charge on any atom is -0.457 e. The Hall–Kier alpha value is -2.07. The van der Waals surface area contributed by atoms with E-state index in [0.717, 1.165) is 5.56 Å². The highest BCUT2D eigenvalue weighted by atomic mass is 16.7. The number of cyclic esters (lactones) is 1. The monoisotopic (exact) mass is 288 g/mol. The van der Waals surface area contributed by atoms with E-state index in [2.05, 4.69) is 6.58 Å². The number of ether oxygens (including phenoxy) is 3. The third kappa shape index (κ3) is 4.46. The summed E-state index contributed by atoms with van der Waals surface area (Å²) >= 11 is 0. The summed E-state index contributed by atoms with van der Waals surface area (Å²) in [6.45, 7) is 7.51. The lowest BCUT2D eigenvalue weighted by Gasteiger charge is -2.32. The van der Waals surface area contributed by atoms with Gasteiger partial charge in [0, 0.05) is 20.3 Å². The van der Waals surface area contributed by atoms with Gasteiger partial charge in [-0.25, -0.2) is 4.79 Å². The van der Waals surface area contributed by atoms with Gasteiger partial charge in [-0.15, -0.1) is 6.58 Å². The predicted octanol–water partition coefficient (Wildman–Crippen LogP) is 3.51. The van der Waals surface area contributed by atoms with E-state index in [-0.39, 0.29) is 6.10 Å². The molecule has 21 heavy (non-hydrogen) atoms. The first-order valence-electron chi connectivity index (χ1n) is 6.90. The van der Waals surface area contributed by atoms with Crippen molar-refractivity contribution in [2.45, 2.75) is 32.2 Å². The van der Waals surface area contributed by atoms with Crippen molar-refractivity contribution in [1.82, 2.24) is 0 Å². The second-order valence-corrected chi connectivity index (χ2v) is 5.26. The number of hydrogen-bond donors (Lipinski definition) is 0. The van der Waals surface area contributed by atoms with Crippen LogP contribution in [0, 0.1) is 0 Å². The maximum atomic E-state index is 11.6. The highest BCUT2D eigenvalue weighted by molar-refractivity contribution is 5.83. The maximum absolute atomic E-state index is 11.6. The summed E-state index contributed by atoms with van der Waals surface area (Å²) in [6, 6.07) is 9.83. The molecule has 0 N–H and O–H groups in total. The molecule has 112 valence electrons. The Morgan fingerprint density at radius 3 is 2.62 bits per heavy atom. The summed E-state index contributed by atoms with van der Waals surface area (Å²) in [6.07, 6.45) is 3.34. The Labute approximate surface area is 125 Å². The molecular weight excluding hydrogens is 268 g/mol. The minimum atomic E-state index is -0.944. The van der Waals surface area contributed by atoms with Crippen LogP contribution in [0.5, 0.6) is 0 Å². The zero-order valence-electron chi connectivity index (χ0n) is 12.4. The Kier molecular flexibility index (Phi) is 4.81. The zero-order valence-corrected chi connectivity index (χ0v) is 12.4. The van der Waals surface area contributed by atoms with Gasteiger partial charge in [0.05, 0.1) is 18.8 Å². The smallest absolute Gasteiger partial charge is 0.337 e. The molecule has 0 saturated carbocycles. The van der Waals surface area contributed by atoms with Crippen molar-refractivity contribution < 1.29 is 19.0 Å². The van der Waals surface area contributed by atoms with Gasteiger partial charge in [-0.2, -0.15) is 0 Å². The second-order valence-electron chi connectivity index (χ2n) is 5.26. The fourth-order valence-corrected chi connectivity index (χ4v) is 2.18. The van der Waals surface area contributed by atoms with Crippen molar-refractivity contribution in [2.75, 3.05) is 6.61 Å². The first kappa shape index (κ1) is 15.3. The second kappa shape index (κ2) is 6.59. The lowest BCUT2D eigenvalue weighted by molar-refractivity contribution is -0.207. The maximum Gasteiger partial charge on any atom is 0.337 e. The average molecular weight is 288 g/mol. The fourth-order valence-electron chi connectivity index (χ4n) is 2.18. The van der Waals surface area contributed by atoms with Crippen molar-refractivity contribution in [3.63, 3.8) is 0 Å². The van der Waals surface area contributed by atoms with Gasteiger partial charge >= 0.3 is 5.97 Å². The van der Waals surface area contributed by atoms with Crippen molar-refractivity contribution in [3.05, 3.63) is 60.4 Å². The van der Waals surface area contributed by atoms with Crippen LogP contribution in [0.3, 0.4) is 0 Å². The number of carbonyl (C=O) groups excluding carboxylic acids is 1. The number of carbonyl (C=O) groups is 1. The zero-order chi connectivity index (χ0) is 15.3. The van der Waals surface area contributed by atoms with Crippen molar-refractivity contribution in [1.29, 1.82) is 0 Å². The van der Waals surface area contributed by atoms with Crippen LogP contribution in [-0.4, -0.2) is 18.4 Å². The van der Waals surface area contributed by atoms with E-state index in [1.807, 2.05) is 30.3 Å². The summed E-state index contributed by atoms with van der Waals surface area (Å²) in [5, 5.41) is 0. The molecule has 1 aliphatic heterocycles. The van der Waals surface area contributed by atoms with E-state index in [4.69, 9.17) is 14.2 Å². The molecule has 1 aromatic carbocycles. The number of esters is 1. The molecule has 0 fully saturated rings. The third-order valence-electron chi connectivity index (χ3n) is 2.98. The van der Waals surface area contributed by atoms with Gasteiger partial charge in [0.2, 0.25) is 5.79 Å². The molecule has 1 heterocycles. The normalized spacial score (nSPS) is 18.2. The molecule has 0 aromatic heterocycles. The van der Waals surface area contributed by atoms with Crippen molar-refractivity contribution in [3.8, 4) is 0 Å². The van der Waals surface area contributed by atoms with Crippen LogP contribution >= 0.6 is 0 Å². The number of rotatable bonds is 6. The lowest BCUT2D eigenvalue weighted by atomic mass is 10.0. The molecule has 0 saturated heterocycles. The molecule has 4 nitrogen and oxygen atoms in total. The topological polar surface area (TPSA) is 44.8 Å². The number of benzene rings is 1. The quantitative estimate of drug-likeness (QED) is 0.593. The molecule has 0 amide bonds. The molecule has 0 unspecified atom stereocenters. The Morgan fingerprint density at radius 2 is 2.00 bits per heavy atom. The SMILES string of the molecule is C=CCO[C@@H](CC1=CC(=O)OC(C)(C)O1)c1ccccc1. The minimum absolute atomic E-state index is 0.197. The van der Waals surface area contributed by atoms with Gasteiger partial charge in [-0.05, 0) is 5.56 Å². The molecule has 1 aromatic rings. The number of hydrogen-bond acceptors (Lipinski definition) is 4. The largest absolute Gasteiger partial charge is 0.457 e. The van der Waals surface area contributed by atoms with E-state index in [1.54, 1.807) is 19.9 Å². The molecule has 0 radical (unpaired) electrons. The Morgan fingerprint density at radius 1 is 1.29 bits per heavy atom. The molecule has 1 aliphatic rings. The summed E-state index contributed by atoms with van der Waals surface area (Å²) in [4.78, 5) is 11.6. The highest BCUT2D eigenvalue weighted by Crippen LogP contribution is 2.31. The molecule has 4 heteroatoms. The van der Waals surface area contributed by atoms with E-state index in [0.29, 0.717) is 18.8 Å². The Balaban J connectivity index is 2.15. The summed E-state index contributed by atoms with van der Waals surface area (Å²) in [7, 11) is 0. The van der Waals surface area contributed by atoms with Crippen molar-refractivity contribution >= 4 is 5.97 Å². The van der Waals surface area contributed by atoms with E-state index in [1.165, 1.54) is 6.08 Å². The van der Waals surface area contributed by atoms with Gasteiger partial charge in [0.25, 0.3) is 0 Å². The standard InChI is InChI=1S/C17H20O4/c1-4-10-19-15(13-8-6-5-7-9-13)11-14-12-16(18)21-17(2,3)20-14/h4-9,12,15H,1,10-11H2,2-3H3/t15-/m0/s1. The van der Waals surface area contributed by atoms with Gasteiger partial charge in [-0.1, -0.05) is 36.4 Å². The van der Waals surface area contributed by atoms with E-state index < -0.39 is 11.8 Å². The average Bonchev–Trinajstić information content (AvgIpc) is 2.42. The Bertz CT molecular complexity index is 531. The van der Waals surface area contributed by atoms with E-state index >= 15 is 0 Å². The molecule has 1 atom stereocenters. The fraction of sp³-hybridized carbons (Fsp3) is 0.353. The molecule has 2 rings (SSSR count). The summed E-state index contributed by atoms with van der Waals surface area (Å²) < 4.78 is 16.6. The van der Waals surface area contributed by atoms with Crippen LogP contribution in [-0.2, 0) is 19.0 Å².